The van der Waals surface area contributed by atoms with Crippen LogP contribution < -0.4 is 15.5 Å². The Morgan fingerprint density at radius 3 is 2.60 bits per heavy atom. The van der Waals surface area contributed by atoms with E-state index in [1.165, 1.54) is 18.5 Å². The zero-order valence-corrected chi connectivity index (χ0v) is 25.2. The van der Waals surface area contributed by atoms with E-state index in [1.807, 2.05) is 51.1 Å². The van der Waals surface area contributed by atoms with E-state index in [0.29, 0.717) is 29.1 Å². The summed E-state index contributed by atoms with van der Waals surface area (Å²) in [6.07, 6.45) is 5.62. The molecular formula is C30H33N7O5S. The van der Waals surface area contributed by atoms with Gasteiger partial charge in [0.25, 0.3) is 5.91 Å². The molecule has 5 heterocycles. The van der Waals surface area contributed by atoms with Crippen LogP contribution in [-0.4, -0.2) is 71.3 Å². The lowest BCUT2D eigenvalue weighted by Crippen LogP contribution is -2.40. The molecule has 0 radical (unpaired) electrons. The number of alkyl carbamates (subject to hydrolysis) is 1. The summed E-state index contributed by atoms with van der Waals surface area (Å²) in [5.74, 6) is 0.327. The first-order chi connectivity index (χ1) is 20.3. The van der Waals surface area contributed by atoms with Crippen LogP contribution in [0.3, 0.4) is 0 Å². The predicted molar refractivity (Wildman–Crippen MR) is 161 cm³/mol. The number of sulfone groups is 1. The average Bonchev–Trinajstić information content (AvgIpc) is 3.42. The standard InChI is InChI=1S/C30H33N7O5S/c1-30(2,3)42-29(39)34-21-10-11-37(18-21)27-7-5-6-24(36-27)25-9-8-19-15-32-22(13-26(19)35-25)16-33-28(38)20-12-23(17-31-14-20)43(4,40)41/h5-9,12-15,17,21H,10-11,16,18H2,1-4H3,(H,33,38)(H,34,39). The molecule has 1 saturated heterocycles. The number of fused-ring (bicyclic) bond motifs is 1. The highest BCUT2D eigenvalue weighted by Gasteiger charge is 2.27. The molecule has 4 aromatic heterocycles. The molecule has 2 amide bonds. The molecule has 0 aromatic carbocycles. The van der Waals surface area contributed by atoms with Gasteiger partial charge in [0, 0.05) is 43.3 Å². The average molecular weight is 604 g/mol. The van der Waals surface area contributed by atoms with Crippen LogP contribution >= 0.6 is 0 Å². The van der Waals surface area contributed by atoms with Gasteiger partial charge in [-0.1, -0.05) is 6.07 Å². The summed E-state index contributed by atoms with van der Waals surface area (Å²) in [4.78, 5) is 44.9. The molecule has 43 heavy (non-hydrogen) atoms. The van der Waals surface area contributed by atoms with Gasteiger partial charge in [0.1, 0.15) is 11.4 Å². The quantitative estimate of drug-likeness (QED) is 0.320. The van der Waals surface area contributed by atoms with Crippen LogP contribution in [0.15, 0.2) is 66.0 Å². The number of hydrogen-bond donors (Lipinski definition) is 2. The van der Waals surface area contributed by atoms with Gasteiger partial charge in [-0.15, -0.1) is 0 Å². The summed E-state index contributed by atoms with van der Waals surface area (Å²) in [5.41, 5.74) is 2.24. The Hall–Kier alpha value is -4.65. The Bertz CT molecular complexity index is 1790. The van der Waals surface area contributed by atoms with Gasteiger partial charge in [0.2, 0.25) is 0 Å². The third-order valence-corrected chi connectivity index (χ3v) is 7.77. The molecule has 1 fully saturated rings. The molecule has 2 N–H and O–H groups in total. The third kappa shape index (κ3) is 7.60. The van der Waals surface area contributed by atoms with E-state index in [-0.39, 0.29) is 23.0 Å². The van der Waals surface area contributed by atoms with Crippen LogP contribution in [0.2, 0.25) is 0 Å². The highest BCUT2D eigenvalue weighted by atomic mass is 32.2. The minimum Gasteiger partial charge on any atom is -0.444 e. The van der Waals surface area contributed by atoms with Gasteiger partial charge in [-0.05, 0) is 63.6 Å². The van der Waals surface area contributed by atoms with E-state index < -0.39 is 27.4 Å². The number of hydrogen-bond acceptors (Lipinski definition) is 10. The van der Waals surface area contributed by atoms with E-state index in [2.05, 4.69) is 25.5 Å². The van der Waals surface area contributed by atoms with E-state index in [9.17, 15) is 18.0 Å². The molecule has 1 aliphatic rings. The molecule has 0 spiro atoms. The first kappa shape index (κ1) is 29.8. The predicted octanol–water partition coefficient (Wildman–Crippen LogP) is 3.52. The van der Waals surface area contributed by atoms with E-state index in [4.69, 9.17) is 14.7 Å². The monoisotopic (exact) mass is 603 g/mol. The zero-order chi connectivity index (χ0) is 30.8. The molecule has 1 unspecified atom stereocenters. The Morgan fingerprint density at radius 2 is 1.84 bits per heavy atom. The molecule has 224 valence electrons. The number of rotatable bonds is 7. The van der Waals surface area contributed by atoms with Crippen molar-refractivity contribution in [3.63, 3.8) is 0 Å². The second-order valence-corrected chi connectivity index (χ2v) is 13.4. The van der Waals surface area contributed by atoms with Crippen molar-refractivity contribution >= 4 is 38.6 Å². The SMILES string of the molecule is CC(C)(C)OC(=O)NC1CCN(c2cccc(-c3ccc4cnc(CNC(=O)c5cncc(S(C)(=O)=O)c5)cc4n3)n2)C1. The van der Waals surface area contributed by atoms with E-state index in [1.54, 1.807) is 12.3 Å². The fourth-order valence-electron chi connectivity index (χ4n) is 4.62. The zero-order valence-electron chi connectivity index (χ0n) is 24.4. The van der Waals surface area contributed by atoms with Crippen molar-refractivity contribution < 1.29 is 22.7 Å². The molecule has 13 heteroatoms. The summed E-state index contributed by atoms with van der Waals surface area (Å²) >= 11 is 0. The van der Waals surface area contributed by atoms with Gasteiger partial charge in [-0.3, -0.25) is 14.8 Å². The van der Waals surface area contributed by atoms with Crippen LogP contribution in [0.4, 0.5) is 10.6 Å². The third-order valence-electron chi connectivity index (χ3n) is 6.69. The smallest absolute Gasteiger partial charge is 0.407 e. The second kappa shape index (κ2) is 11.9. The lowest BCUT2D eigenvalue weighted by Gasteiger charge is -2.22. The molecule has 1 atom stereocenters. The fourth-order valence-corrected chi connectivity index (χ4v) is 5.21. The van der Waals surface area contributed by atoms with Crippen molar-refractivity contribution in [1.82, 2.24) is 30.6 Å². The Balaban J connectivity index is 1.26. The highest BCUT2D eigenvalue weighted by Crippen LogP contribution is 2.24. The lowest BCUT2D eigenvalue weighted by atomic mass is 10.2. The van der Waals surface area contributed by atoms with Crippen LogP contribution in [0.5, 0.6) is 0 Å². The van der Waals surface area contributed by atoms with Crippen LogP contribution in [0.25, 0.3) is 22.3 Å². The van der Waals surface area contributed by atoms with Crippen molar-refractivity contribution in [1.29, 1.82) is 0 Å². The molecule has 1 aliphatic heterocycles. The summed E-state index contributed by atoms with van der Waals surface area (Å²) in [6, 6.07) is 12.6. The van der Waals surface area contributed by atoms with Gasteiger partial charge in [0.15, 0.2) is 9.84 Å². The minimum atomic E-state index is -3.49. The van der Waals surface area contributed by atoms with Gasteiger partial charge in [-0.2, -0.15) is 0 Å². The number of nitrogens with one attached hydrogen (secondary N) is 2. The van der Waals surface area contributed by atoms with Gasteiger partial charge >= 0.3 is 6.09 Å². The minimum absolute atomic E-state index is 0.0274. The van der Waals surface area contributed by atoms with Gasteiger partial charge in [0.05, 0.1) is 45.6 Å². The van der Waals surface area contributed by atoms with Crippen molar-refractivity contribution in [2.75, 3.05) is 24.2 Å². The van der Waals surface area contributed by atoms with E-state index >= 15 is 0 Å². The summed E-state index contributed by atoms with van der Waals surface area (Å²) in [5, 5.41) is 6.52. The number of carbonyl (C=O) groups excluding carboxylic acids is 2. The molecular weight excluding hydrogens is 570 g/mol. The van der Waals surface area contributed by atoms with Crippen LogP contribution in [0.1, 0.15) is 43.2 Å². The van der Waals surface area contributed by atoms with E-state index in [0.717, 1.165) is 30.4 Å². The van der Waals surface area contributed by atoms with Crippen LogP contribution in [0, 0.1) is 0 Å². The maximum absolute atomic E-state index is 12.6. The molecule has 0 aliphatic carbocycles. The number of pyridine rings is 4. The van der Waals surface area contributed by atoms with Crippen molar-refractivity contribution in [2.24, 2.45) is 0 Å². The molecule has 5 rings (SSSR count). The Kier molecular flexibility index (Phi) is 8.27. The largest absolute Gasteiger partial charge is 0.444 e. The normalized spacial score (nSPS) is 15.3. The topological polar surface area (TPSA) is 156 Å². The Morgan fingerprint density at radius 1 is 1.05 bits per heavy atom. The Labute approximate surface area is 249 Å². The summed E-state index contributed by atoms with van der Waals surface area (Å²) in [6.45, 7) is 6.99. The van der Waals surface area contributed by atoms with Crippen molar-refractivity contribution in [3.05, 3.63) is 72.3 Å². The number of nitrogens with zero attached hydrogens (tertiary/aromatic N) is 5. The number of ether oxygens (including phenoxy) is 1. The lowest BCUT2D eigenvalue weighted by molar-refractivity contribution is 0.0508. The maximum Gasteiger partial charge on any atom is 0.407 e. The van der Waals surface area contributed by atoms with Gasteiger partial charge in [-0.25, -0.2) is 23.2 Å². The molecule has 0 saturated carbocycles. The molecule has 0 bridgehead atoms. The number of amides is 2. The number of aromatic nitrogens is 4. The summed E-state index contributed by atoms with van der Waals surface area (Å²) in [7, 11) is -3.49. The summed E-state index contributed by atoms with van der Waals surface area (Å²) < 4.78 is 29.0. The van der Waals surface area contributed by atoms with Crippen molar-refractivity contribution in [2.45, 2.75) is 50.3 Å². The number of anilines is 1. The first-order valence-corrected chi connectivity index (χ1v) is 15.6. The second-order valence-electron chi connectivity index (χ2n) is 11.4. The number of carbonyl (C=O) groups is 2. The maximum atomic E-state index is 12.6. The van der Waals surface area contributed by atoms with Gasteiger partial charge < -0.3 is 20.3 Å². The fraction of sp³-hybridized carbons (Fsp3) is 0.333. The highest BCUT2D eigenvalue weighted by molar-refractivity contribution is 7.90. The van der Waals surface area contributed by atoms with Crippen molar-refractivity contribution in [3.8, 4) is 11.4 Å². The molecule has 4 aromatic rings. The molecule has 12 nitrogen and oxygen atoms in total. The first-order valence-electron chi connectivity index (χ1n) is 13.7. The van der Waals surface area contributed by atoms with Crippen LogP contribution in [-0.2, 0) is 21.1 Å².